The molecule has 1 saturated carbocycles. The van der Waals surface area contributed by atoms with Gasteiger partial charge in [-0.2, -0.15) is 0 Å². The molecule has 1 aliphatic heterocycles. The Hall–Kier alpha value is -1.75. The maximum Gasteiger partial charge on any atom is 0.219 e. The van der Waals surface area contributed by atoms with Gasteiger partial charge < -0.3 is 19.8 Å². The quantitative estimate of drug-likeness (QED) is 0.879. The number of benzene rings is 1. The Bertz CT molecular complexity index is 603. The molecule has 5 heteroatoms. The smallest absolute Gasteiger partial charge is 0.219 e. The topological polar surface area (TPSA) is 70.0 Å². The normalized spacial score (nSPS) is 30.7. The average Bonchev–Trinajstić information content (AvgIpc) is 2.53. The third kappa shape index (κ3) is 2.78. The molecule has 126 valence electrons. The highest BCUT2D eigenvalue weighted by molar-refractivity contribution is 5.74. The van der Waals surface area contributed by atoms with Crippen LogP contribution in [0.2, 0.25) is 0 Å². The summed E-state index contributed by atoms with van der Waals surface area (Å²) in [6, 6.07) is 5.05. The van der Waals surface area contributed by atoms with Gasteiger partial charge in [0.25, 0.3) is 0 Å². The SMILES string of the molecule is COc1cc([C@@H]2[C@H]3CCCC[C@@]3(O)CCN2C(C)=O)ccc1O. The van der Waals surface area contributed by atoms with E-state index >= 15 is 0 Å². The Labute approximate surface area is 136 Å². The van der Waals surface area contributed by atoms with Gasteiger partial charge in [-0.05, 0) is 37.0 Å². The van der Waals surface area contributed by atoms with Crippen LogP contribution in [0.3, 0.4) is 0 Å². The molecular weight excluding hydrogens is 294 g/mol. The summed E-state index contributed by atoms with van der Waals surface area (Å²) < 4.78 is 5.22. The fourth-order valence-electron chi connectivity index (χ4n) is 4.33. The number of piperidine rings is 1. The first-order chi connectivity index (χ1) is 11.0. The van der Waals surface area contributed by atoms with Crippen molar-refractivity contribution in [2.45, 2.75) is 50.7 Å². The Kier molecular flexibility index (Phi) is 4.23. The first kappa shape index (κ1) is 16.1. The van der Waals surface area contributed by atoms with Crippen molar-refractivity contribution in [3.8, 4) is 11.5 Å². The van der Waals surface area contributed by atoms with E-state index < -0.39 is 5.60 Å². The molecule has 2 fully saturated rings. The van der Waals surface area contributed by atoms with Crippen molar-refractivity contribution in [3.05, 3.63) is 23.8 Å². The number of hydrogen-bond donors (Lipinski definition) is 2. The van der Waals surface area contributed by atoms with Crippen molar-refractivity contribution in [2.75, 3.05) is 13.7 Å². The van der Waals surface area contributed by atoms with Crippen molar-refractivity contribution in [1.82, 2.24) is 4.90 Å². The number of phenols is 1. The lowest BCUT2D eigenvalue weighted by Crippen LogP contribution is -2.55. The molecule has 5 nitrogen and oxygen atoms in total. The van der Waals surface area contributed by atoms with Gasteiger partial charge in [-0.3, -0.25) is 4.79 Å². The molecule has 2 N–H and O–H groups in total. The molecule has 3 atom stereocenters. The van der Waals surface area contributed by atoms with E-state index in [0.29, 0.717) is 18.7 Å². The summed E-state index contributed by atoms with van der Waals surface area (Å²) in [7, 11) is 1.51. The lowest BCUT2D eigenvalue weighted by atomic mass is 9.66. The Morgan fingerprint density at radius 2 is 2.13 bits per heavy atom. The maximum absolute atomic E-state index is 12.1. The van der Waals surface area contributed by atoms with Crippen LogP contribution in [0.5, 0.6) is 11.5 Å². The standard InChI is InChI=1S/C18H25NO4/c1-12(20)19-10-9-18(22)8-4-3-5-14(18)17(19)13-6-7-15(21)16(11-13)23-2/h6-7,11,14,17,21-22H,3-5,8-10H2,1-2H3/t14-,17-,18-/m1/s1. The van der Waals surface area contributed by atoms with Crippen LogP contribution in [-0.2, 0) is 4.79 Å². The number of ether oxygens (including phenoxy) is 1. The number of fused-ring (bicyclic) bond motifs is 1. The van der Waals surface area contributed by atoms with Crippen LogP contribution in [0.4, 0.5) is 0 Å². The molecule has 0 aromatic heterocycles. The zero-order valence-corrected chi connectivity index (χ0v) is 13.8. The maximum atomic E-state index is 12.1. The minimum Gasteiger partial charge on any atom is -0.504 e. The van der Waals surface area contributed by atoms with E-state index in [0.717, 1.165) is 31.2 Å². The summed E-state index contributed by atoms with van der Waals surface area (Å²) in [6.45, 7) is 2.15. The van der Waals surface area contributed by atoms with E-state index in [1.54, 1.807) is 19.1 Å². The molecule has 23 heavy (non-hydrogen) atoms. The van der Waals surface area contributed by atoms with E-state index in [-0.39, 0.29) is 23.6 Å². The van der Waals surface area contributed by atoms with Gasteiger partial charge >= 0.3 is 0 Å². The van der Waals surface area contributed by atoms with Gasteiger partial charge in [0.2, 0.25) is 5.91 Å². The second-order valence-corrected chi connectivity index (χ2v) is 6.79. The highest BCUT2D eigenvalue weighted by Gasteiger charge is 2.49. The van der Waals surface area contributed by atoms with Crippen molar-refractivity contribution in [3.63, 3.8) is 0 Å². The zero-order chi connectivity index (χ0) is 16.6. The van der Waals surface area contributed by atoms with Crippen LogP contribution in [0.1, 0.15) is 50.6 Å². The van der Waals surface area contributed by atoms with Gasteiger partial charge in [-0.15, -0.1) is 0 Å². The Morgan fingerprint density at radius 1 is 1.35 bits per heavy atom. The number of carbonyl (C=O) groups is 1. The third-order valence-electron chi connectivity index (χ3n) is 5.52. The number of nitrogens with zero attached hydrogens (tertiary/aromatic N) is 1. The van der Waals surface area contributed by atoms with E-state index in [1.165, 1.54) is 7.11 Å². The second-order valence-electron chi connectivity index (χ2n) is 6.79. The number of hydrogen-bond acceptors (Lipinski definition) is 4. The van der Waals surface area contributed by atoms with Gasteiger partial charge in [0.05, 0.1) is 18.8 Å². The zero-order valence-electron chi connectivity index (χ0n) is 13.8. The van der Waals surface area contributed by atoms with E-state index in [1.807, 2.05) is 11.0 Å². The minimum absolute atomic E-state index is 0.0228. The molecule has 0 radical (unpaired) electrons. The number of likely N-dealkylation sites (tertiary alicyclic amines) is 1. The third-order valence-corrected chi connectivity index (χ3v) is 5.52. The summed E-state index contributed by atoms with van der Waals surface area (Å²) >= 11 is 0. The molecule has 0 spiro atoms. The summed E-state index contributed by atoms with van der Waals surface area (Å²) in [5.74, 6) is 0.536. The van der Waals surface area contributed by atoms with Gasteiger partial charge in [-0.1, -0.05) is 18.9 Å². The molecule has 1 aromatic carbocycles. The lowest BCUT2D eigenvalue weighted by Gasteiger charge is -2.52. The predicted molar refractivity (Wildman–Crippen MR) is 86.3 cm³/mol. The second kappa shape index (κ2) is 6.04. The van der Waals surface area contributed by atoms with Crippen molar-refractivity contribution in [1.29, 1.82) is 0 Å². The Morgan fingerprint density at radius 3 is 2.83 bits per heavy atom. The van der Waals surface area contributed by atoms with Gasteiger partial charge in [-0.25, -0.2) is 0 Å². The molecule has 1 aliphatic carbocycles. The monoisotopic (exact) mass is 319 g/mol. The summed E-state index contributed by atoms with van der Waals surface area (Å²) in [5.41, 5.74) is 0.222. The molecule has 1 saturated heterocycles. The van der Waals surface area contributed by atoms with Gasteiger partial charge in [0.15, 0.2) is 11.5 Å². The van der Waals surface area contributed by atoms with Gasteiger partial charge in [0, 0.05) is 19.4 Å². The molecule has 0 unspecified atom stereocenters. The highest BCUT2D eigenvalue weighted by Crippen LogP contribution is 2.50. The van der Waals surface area contributed by atoms with Crippen LogP contribution in [-0.4, -0.2) is 40.3 Å². The van der Waals surface area contributed by atoms with Gasteiger partial charge in [0.1, 0.15) is 0 Å². The average molecular weight is 319 g/mol. The molecular formula is C18H25NO4. The molecule has 1 aromatic rings. The number of methoxy groups -OCH3 is 1. The molecule has 3 rings (SSSR count). The summed E-state index contributed by atoms with van der Waals surface area (Å²) in [6.07, 6.45) is 4.47. The fourth-order valence-corrected chi connectivity index (χ4v) is 4.33. The number of carbonyl (C=O) groups excluding carboxylic acids is 1. The fraction of sp³-hybridized carbons (Fsp3) is 0.611. The number of aliphatic hydroxyl groups is 1. The highest BCUT2D eigenvalue weighted by atomic mass is 16.5. The first-order valence-corrected chi connectivity index (χ1v) is 8.33. The first-order valence-electron chi connectivity index (χ1n) is 8.33. The number of aromatic hydroxyl groups is 1. The lowest BCUT2D eigenvalue weighted by molar-refractivity contribution is -0.153. The Balaban J connectivity index is 2.04. The van der Waals surface area contributed by atoms with Crippen molar-refractivity contribution >= 4 is 5.91 Å². The van der Waals surface area contributed by atoms with Crippen LogP contribution >= 0.6 is 0 Å². The summed E-state index contributed by atoms with van der Waals surface area (Å²) in [4.78, 5) is 14.0. The number of amides is 1. The van der Waals surface area contributed by atoms with Crippen molar-refractivity contribution < 1.29 is 19.7 Å². The number of phenolic OH excluding ortho intramolecular Hbond substituents is 1. The van der Waals surface area contributed by atoms with Crippen LogP contribution in [0.25, 0.3) is 0 Å². The predicted octanol–water partition coefficient (Wildman–Crippen LogP) is 2.62. The van der Waals surface area contributed by atoms with Crippen molar-refractivity contribution in [2.24, 2.45) is 5.92 Å². The van der Waals surface area contributed by atoms with E-state index in [2.05, 4.69) is 0 Å². The minimum atomic E-state index is -0.694. The van der Waals surface area contributed by atoms with E-state index in [9.17, 15) is 15.0 Å². The molecule has 1 heterocycles. The molecule has 2 aliphatic rings. The number of rotatable bonds is 2. The van der Waals surface area contributed by atoms with Crippen LogP contribution in [0.15, 0.2) is 18.2 Å². The van der Waals surface area contributed by atoms with Crippen LogP contribution in [0, 0.1) is 5.92 Å². The summed E-state index contributed by atoms with van der Waals surface area (Å²) in [5, 5.41) is 20.9. The van der Waals surface area contributed by atoms with E-state index in [4.69, 9.17) is 4.74 Å². The molecule has 1 amide bonds. The molecule has 0 bridgehead atoms. The van der Waals surface area contributed by atoms with Crippen LogP contribution < -0.4 is 4.74 Å². The largest absolute Gasteiger partial charge is 0.504 e.